The largest absolute Gasteiger partial charge is 0.312 e. The molecule has 0 amide bonds. The summed E-state index contributed by atoms with van der Waals surface area (Å²) in [6.07, 6.45) is 11.4. The predicted molar refractivity (Wildman–Crippen MR) is 78.9 cm³/mol. The second-order valence-corrected chi connectivity index (χ2v) is 6.30. The minimum Gasteiger partial charge on any atom is -0.312 e. The van der Waals surface area contributed by atoms with Crippen LogP contribution in [0.1, 0.15) is 65.2 Å². The Labute approximate surface area is 114 Å². The van der Waals surface area contributed by atoms with E-state index in [4.69, 9.17) is 0 Å². The number of nitrogens with zero attached hydrogens (tertiary/aromatic N) is 1. The van der Waals surface area contributed by atoms with Crippen LogP contribution in [0.3, 0.4) is 0 Å². The van der Waals surface area contributed by atoms with Gasteiger partial charge in [-0.2, -0.15) is 0 Å². The Kier molecular flexibility index (Phi) is 5.97. The third-order valence-electron chi connectivity index (χ3n) is 4.70. The van der Waals surface area contributed by atoms with Gasteiger partial charge in [0.25, 0.3) is 0 Å². The first-order valence-corrected chi connectivity index (χ1v) is 8.32. The van der Waals surface area contributed by atoms with Gasteiger partial charge < -0.3 is 5.32 Å². The highest BCUT2D eigenvalue weighted by Crippen LogP contribution is 2.32. The van der Waals surface area contributed by atoms with Crippen LogP contribution in [0.15, 0.2) is 0 Å². The standard InChI is InChI=1S/C16H32N2/c1-3-12-17-15-8-6-5-7-9-16(15)18(4-2)13-14-10-11-14/h14-17H,3-13H2,1-2H3. The van der Waals surface area contributed by atoms with Crippen LogP contribution in [0.2, 0.25) is 0 Å². The van der Waals surface area contributed by atoms with Gasteiger partial charge in [0, 0.05) is 18.6 Å². The highest BCUT2D eigenvalue weighted by Gasteiger charge is 2.31. The molecule has 0 saturated heterocycles. The molecule has 0 aliphatic heterocycles. The zero-order chi connectivity index (χ0) is 12.8. The highest BCUT2D eigenvalue weighted by molar-refractivity contribution is 4.89. The lowest BCUT2D eigenvalue weighted by atomic mass is 10.0. The van der Waals surface area contributed by atoms with Gasteiger partial charge in [0.1, 0.15) is 0 Å². The second kappa shape index (κ2) is 7.49. The molecule has 0 spiro atoms. The highest BCUT2D eigenvalue weighted by atomic mass is 15.2. The molecule has 2 aliphatic rings. The maximum atomic E-state index is 3.83. The first kappa shape index (κ1) is 14.3. The van der Waals surface area contributed by atoms with Gasteiger partial charge in [0.2, 0.25) is 0 Å². The van der Waals surface area contributed by atoms with Gasteiger partial charge >= 0.3 is 0 Å². The second-order valence-electron chi connectivity index (χ2n) is 6.30. The third-order valence-corrected chi connectivity index (χ3v) is 4.70. The molecule has 0 heterocycles. The lowest BCUT2D eigenvalue weighted by molar-refractivity contribution is 0.149. The van der Waals surface area contributed by atoms with Crippen LogP contribution in [-0.2, 0) is 0 Å². The predicted octanol–water partition coefficient (Wildman–Crippen LogP) is 3.42. The minimum atomic E-state index is 0.756. The third kappa shape index (κ3) is 4.24. The van der Waals surface area contributed by atoms with Gasteiger partial charge in [-0.25, -0.2) is 0 Å². The van der Waals surface area contributed by atoms with Crippen LogP contribution in [0.25, 0.3) is 0 Å². The lowest BCUT2D eigenvalue weighted by Gasteiger charge is -2.36. The maximum absolute atomic E-state index is 3.83. The van der Waals surface area contributed by atoms with E-state index in [0.29, 0.717) is 0 Å². The first-order chi connectivity index (χ1) is 8.85. The zero-order valence-electron chi connectivity index (χ0n) is 12.5. The summed E-state index contributed by atoms with van der Waals surface area (Å²) in [5.74, 6) is 1.03. The average molecular weight is 252 g/mol. The van der Waals surface area contributed by atoms with E-state index in [1.165, 1.54) is 71.0 Å². The first-order valence-electron chi connectivity index (χ1n) is 8.32. The molecule has 0 bridgehead atoms. The average Bonchev–Trinajstić information content (AvgIpc) is 3.20. The molecule has 2 aliphatic carbocycles. The van der Waals surface area contributed by atoms with E-state index < -0.39 is 0 Å². The maximum Gasteiger partial charge on any atom is 0.0249 e. The summed E-state index contributed by atoms with van der Waals surface area (Å²) in [6.45, 7) is 8.43. The Morgan fingerprint density at radius 3 is 2.44 bits per heavy atom. The Bertz CT molecular complexity index is 225. The van der Waals surface area contributed by atoms with Crippen LogP contribution in [0, 0.1) is 5.92 Å². The molecule has 0 radical (unpaired) electrons. The molecule has 2 atom stereocenters. The van der Waals surface area contributed by atoms with Gasteiger partial charge in [-0.3, -0.25) is 4.90 Å². The summed E-state index contributed by atoms with van der Waals surface area (Å²) in [6, 6.07) is 1.57. The summed E-state index contributed by atoms with van der Waals surface area (Å²) < 4.78 is 0. The number of hydrogen-bond acceptors (Lipinski definition) is 2. The molecule has 106 valence electrons. The van der Waals surface area contributed by atoms with Crippen molar-refractivity contribution in [3.05, 3.63) is 0 Å². The van der Waals surface area contributed by atoms with Crippen LogP contribution in [0.4, 0.5) is 0 Å². The van der Waals surface area contributed by atoms with Crippen LogP contribution in [0.5, 0.6) is 0 Å². The van der Waals surface area contributed by atoms with E-state index in [1.54, 1.807) is 0 Å². The summed E-state index contributed by atoms with van der Waals surface area (Å²) in [7, 11) is 0. The van der Waals surface area contributed by atoms with E-state index in [2.05, 4.69) is 24.1 Å². The Hall–Kier alpha value is -0.0800. The molecule has 2 saturated carbocycles. The van der Waals surface area contributed by atoms with E-state index in [0.717, 1.165) is 18.0 Å². The van der Waals surface area contributed by atoms with Crippen molar-refractivity contribution in [1.29, 1.82) is 0 Å². The zero-order valence-corrected chi connectivity index (χ0v) is 12.5. The summed E-state index contributed by atoms with van der Waals surface area (Å²) in [5.41, 5.74) is 0. The summed E-state index contributed by atoms with van der Waals surface area (Å²) in [5, 5.41) is 3.83. The normalized spacial score (nSPS) is 29.5. The van der Waals surface area contributed by atoms with Crippen molar-refractivity contribution in [2.45, 2.75) is 77.3 Å². The Morgan fingerprint density at radius 2 is 1.78 bits per heavy atom. The van der Waals surface area contributed by atoms with Crippen molar-refractivity contribution >= 4 is 0 Å². The quantitative estimate of drug-likeness (QED) is 0.698. The van der Waals surface area contributed by atoms with Crippen LogP contribution in [-0.4, -0.2) is 36.6 Å². The molecule has 2 fully saturated rings. The number of nitrogens with one attached hydrogen (secondary N) is 1. The molecule has 2 unspecified atom stereocenters. The van der Waals surface area contributed by atoms with Gasteiger partial charge in [0.05, 0.1) is 0 Å². The monoisotopic (exact) mass is 252 g/mol. The molecule has 2 rings (SSSR count). The molecule has 1 N–H and O–H groups in total. The van der Waals surface area contributed by atoms with Crippen molar-refractivity contribution in [2.75, 3.05) is 19.6 Å². The molecule has 2 nitrogen and oxygen atoms in total. The fourth-order valence-electron chi connectivity index (χ4n) is 3.42. The van der Waals surface area contributed by atoms with E-state index in [1.807, 2.05) is 0 Å². The van der Waals surface area contributed by atoms with Crippen molar-refractivity contribution in [2.24, 2.45) is 5.92 Å². The number of rotatable bonds is 7. The van der Waals surface area contributed by atoms with Crippen molar-refractivity contribution in [3.63, 3.8) is 0 Å². The molecule has 18 heavy (non-hydrogen) atoms. The lowest BCUT2D eigenvalue weighted by Crippen LogP contribution is -2.50. The van der Waals surface area contributed by atoms with Crippen molar-refractivity contribution < 1.29 is 0 Å². The number of hydrogen-bond donors (Lipinski definition) is 1. The van der Waals surface area contributed by atoms with Crippen LogP contribution >= 0.6 is 0 Å². The smallest absolute Gasteiger partial charge is 0.0249 e. The van der Waals surface area contributed by atoms with Gasteiger partial charge in [-0.15, -0.1) is 0 Å². The molecule has 2 heteroatoms. The molecule has 0 aromatic carbocycles. The summed E-state index contributed by atoms with van der Waals surface area (Å²) in [4.78, 5) is 2.79. The minimum absolute atomic E-state index is 0.756. The van der Waals surface area contributed by atoms with Crippen molar-refractivity contribution in [1.82, 2.24) is 10.2 Å². The Balaban J connectivity index is 1.92. The molecular weight excluding hydrogens is 220 g/mol. The topological polar surface area (TPSA) is 15.3 Å². The Morgan fingerprint density at radius 1 is 1.00 bits per heavy atom. The van der Waals surface area contributed by atoms with Crippen molar-refractivity contribution in [3.8, 4) is 0 Å². The van der Waals surface area contributed by atoms with E-state index in [9.17, 15) is 0 Å². The number of likely N-dealkylation sites (N-methyl/N-ethyl adjacent to an activating group) is 1. The molecule has 0 aromatic rings. The van der Waals surface area contributed by atoms with Gasteiger partial charge in [-0.05, 0) is 51.1 Å². The van der Waals surface area contributed by atoms with E-state index in [-0.39, 0.29) is 0 Å². The fourth-order valence-corrected chi connectivity index (χ4v) is 3.42. The van der Waals surface area contributed by atoms with Gasteiger partial charge in [-0.1, -0.05) is 33.1 Å². The molecular formula is C16H32N2. The molecule has 0 aromatic heterocycles. The summed E-state index contributed by atoms with van der Waals surface area (Å²) >= 11 is 0. The fraction of sp³-hybridized carbons (Fsp3) is 1.00. The van der Waals surface area contributed by atoms with Crippen LogP contribution < -0.4 is 5.32 Å². The SMILES string of the molecule is CCCNC1CCCCCC1N(CC)CC1CC1. The van der Waals surface area contributed by atoms with E-state index >= 15 is 0 Å². The van der Waals surface area contributed by atoms with Gasteiger partial charge in [0.15, 0.2) is 0 Å².